The maximum absolute atomic E-state index is 12.2. The molecule has 0 radical (unpaired) electrons. The van der Waals surface area contributed by atoms with Crippen LogP contribution in [0.4, 0.5) is 0 Å². The lowest BCUT2D eigenvalue weighted by Crippen LogP contribution is -2.48. The first-order valence-electron chi connectivity index (χ1n) is 9.10. The molecule has 0 spiro atoms. The van der Waals surface area contributed by atoms with Crippen molar-refractivity contribution in [1.82, 2.24) is 15.2 Å². The number of rotatable bonds is 6. The van der Waals surface area contributed by atoms with E-state index >= 15 is 0 Å². The van der Waals surface area contributed by atoms with Crippen LogP contribution in [0.2, 0.25) is 5.02 Å². The molecule has 0 saturated carbocycles. The van der Waals surface area contributed by atoms with Crippen LogP contribution in [-0.4, -0.2) is 59.8 Å². The fourth-order valence-electron chi connectivity index (χ4n) is 3.07. The molecular formula is C20H21Br2ClN4O2. The van der Waals surface area contributed by atoms with Gasteiger partial charge in [-0.3, -0.25) is 14.6 Å². The SMILES string of the molecule is O=C(CN1CCN(Cc2ccccc2Cl)CC1)N/N=C\c1cc(Br)cc(Br)c1O. The van der Waals surface area contributed by atoms with Crippen molar-refractivity contribution in [1.29, 1.82) is 0 Å². The zero-order valence-electron chi connectivity index (χ0n) is 15.6. The van der Waals surface area contributed by atoms with E-state index in [4.69, 9.17) is 11.6 Å². The summed E-state index contributed by atoms with van der Waals surface area (Å²) in [5.41, 5.74) is 4.14. The number of hydrazone groups is 1. The summed E-state index contributed by atoms with van der Waals surface area (Å²) in [5.74, 6) is -0.116. The number of benzene rings is 2. The van der Waals surface area contributed by atoms with Crippen LogP contribution in [0.15, 0.2) is 50.4 Å². The number of piperazine rings is 1. The minimum absolute atomic E-state index is 0.0702. The Hall–Kier alpha value is -1.45. The van der Waals surface area contributed by atoms with Crippen LogP contribution in [0, 0.1) is 0 Å². The van der Waals surface area contributed by atoms with E-state index in [0.29, 0.717) is 10.0 Å². The molecule has 0 unspecified atom stereocenters. The Balaban J connectivity index is 1.44. The highest BCUT2D eigenvalue weighted by molar-refractivity contribution is 9.11. The Kier molecular flexibility index (Phi) is 8.08. The fourth-order valence-corrected chi connectivity index (χ4v) is 4.52. The Bertz CT molecular complexity index is 902. The average Bonchev–Trinajstić information content (AvgIpc) is 2.69. The van der Waals surface area contributed by atoms with Gasteiger partial charge in [-0.05, 0) is 39.7 Å². The Labute approximate surface area is 191 Å². The van der Waals surface area contributed by atoms with Gasteiger partial charge < -0.3 is 5.11 Å². The number of aromatic hydroxyl groups is 1. The van der Waals surface area contributed by atoms with Gasteiger partial charge in [0.15, 0.2) is 0 Å². The minimum Gasteiger partial charge on any atom is -0.506 e. The molecule has 0 aliphatic carbocycles. The van der Waals surface area contributed by atoms with Gasteiger partial charge in [0.05, 0.1) is 17.2 Å². The van der Waals surface area contributed by atoms with Gasteiger partial charge in [0.1, 0.15) is 5.75 Å². The second-order valence-corrected chi connectivity index (χ2v) is 8.94. The van der Waals surface area contributed by atoms with Crippen molar-refractivity contribution in [3.8, 4) is 5.75 Å². The van der Waals surface area contributed by atoms with E-state index in [1.165, 1.54) is 6.21 Å². The molecule has 0 atom stereocenters. The number of carbonyl (C=O) groups excluding carboxylic acids is 1. The van der Waals surface area contributed by atoms with Crippen LogP contribution in [0.25, 0.3) is 0 Å². The number of phenolic OH excluding ortho intramolecular Hbond substituents is 1. The van der Waals surface area contributed by atoms with Crippen LogP contribution in [-0.2, 0) is 11.3 Å². The first-order valence-corrected chi connectivity index (χ1v) is 11.1. The zero-order valence-corrected chi connectivity index (χ0v) is 19.5. The smallest absolute Gasteiger partial charge is 0.254 e. The molecule has 1 amide bonds. The third kappa shape index (κ3) is 6.52. The summed E-state index contributed by atoms with van der Waals surface area (Å²) in [6.45, 7) is 4.46. The predicted molar refractivity (Wildman–Crippen MR) is 122 cm³/mol. The number of carbonyl (C=O) groups is 1. The average molecular weight is 545 g/mol. The number of hydrogen-bond donors (Lipinski definition) is 2. The molecule has 3 rings (SSSR count). The third-order valence-corrected chi connectivity index (χ3v) is 6.07. The maximum Gasteiger partial charge on any atom is 0.254 e. The Morgan fingerprint density at radius 3 is 2.59 bits per heavy atom. The van der Waals surface area contributed by atoms with E-state index in [1.807, 2.05) is 24.3 Å². The van der Waals surface area contributed by atoms with E-state index in [-0.39, 0.29) is 18.2 Å². The van der Waals surface area contributed by atoms with Crippen LogP contribution < -0.4 is 5.43 Å². The summed E-state index contributed by atoms with van der Waals surface area (Å²) in [7, 11) is 0. The highest BCUT2D eigenvalue weighted by Gasteiger charge is 2.19. The van der Waals surface area contributed by atoms with Crippen molar-refractivity contribution < 1.29 is 9.90 Å². The second kappa shape index (κ2) is 10.5. The van der Waals surface area contributed by atoms with E-state index in [9.17, 15) is 9.90 Å². The predicted octanol–water partition coefficient (Wildman–Crippen LogP) is 3.84. The van der Waals surface area contributed by atoms with Gasteiger partial charge in [0, 0.05) is 47.8 Å². The largest absolute Gasteiger partial charge is 0.506 e. The number of amides is 1. The fraction of sp³-hybridized carbons (Fsp3) is 0.300. The van der Waals surface area contributed by atoms with Crippen LogP contribution in [0.1, 0.15) is 11.1 Å². The molecule has 0 bridgehead atoms. The molecule has 29 heavy (non-hydrogen) atoms. The lowest BCUT2D eigenvalue weighted by atomic mass is 10.2. The molecule has 1 heterocycles. The Morgan fingerprint density at radius 2 is 1.86 bits per heavy atom. The summed E-state index contributed by atoms with van der Waals surface area (Å²) in [6.07, 6.45) is 1.42. The van der Waals surface area contributed by atoms with Crippen molar-refractivity contribution in [2.24, 2.45) is 5.10 Å². The second-order valence-electron chi connectivity index (χ2n) is 6.76. The third-order valence-electron chi connectivity index (χ3n) is 4.63. The van der Waals surface area contributed by atoms with Gasteiger partial charge >= 0.3 is 0 Å². The minimum atomic E-state index is -0.186. The molecule has 2 aromatic carbocycles. The molecule has 1 aliphatic heterocycles. The molecular weight excluding hydrogens is 524 g/mol. The number of nitrogens with zero attached hydrogens (tertiary/aromatic N) is 3. The van der Waals surface area contributed by atoms with E-state index < -0.39 is 0 Å². The molecule has 9 heteroatoms. The highest BCUT2D eigenvalue weighted by Crippen LogP contribution is 2.30. The van der Waals surface area contributed by atoms with Gasteiger partial charge in [-0.2, -0.15) is 5.10 Å². The van der Waals surface area contributed by atoms with Crippen LogP contribution in [0.5, 0.6) is 5.75 Å². The quantitative estimate of drug-likeness (QED) is 0.429. The topological polar surface area (TPSA) is 68.2 Å². The van der Waals surface area contributed by atoms with Crippen molar-refractivity contribution in [2.45, 2.75) is 6.54 Å². The monoisotopic (exact) mass is 542 g/mol. The first kappa shape index (κ1) is 22.2. The maximum atomic E-state index is 12.2. The summed E-state index contributed by atoms with van der Waals surface area (Å²) >= 11 is 12.9. The highest BCUT2D eigenvalue weighted by atomic mass is 79.9. The summed E-state index contributed by atoms with van der Waals surface area (Å²) in [5, 5.41) is 14.7. The van der Waals surface area contributed by atoms with E-state index in [1.54, 1.807) is 12.1 Å². The van der Waals surface area contributed by atoms with E-state index in [2.05, 4.69) is 52.2 Å². The molecule has 1 aliphatic rings. The molecule has 2 N–H and O–H groups in total. The lowest BCUT2D eigenvalue weighted by Gasteiger charge is -2.34. The Morgan fingerprint density at radius 1 is 1.17 bits per heavy atom. The summed E-state index contributed by atoms with van der Waals surface area (Å²) in [4.78, 5) is 16.6. The van der Waals surface area contributed by atoms with Gasteiger partial charge in [0.2, 0.25) is 0 Å². The number of halogens is 3. The van der Waals surface area contributed by atoms with Gasteiger partial charge in [0.25, 0.3) is 5.91 Å². The van der Waals surface area contributed by atoms with Crippen molar-refractivity contribution >= 4 is 55.6 Å². The van der Waals surface area contributed by atoms with Gasteiger partial charge in [-0.15, -0.1) is 0 Å². The first-order chi connectivity index (χ1) is 13.9. The standard InChI is InChI=1S/C20H21Br2ClN4O2/c21-16-9-15(20(29)17(22)10-16)11-24-25-19(28)13-27-7-5-26(6-8-27)12-14-3-1-2-4-18(14)23/h1-4,9-11,29H,5-8,12-13H2,(H,25,28)/b24-11-. The molecule has 1 fully saturated rings. The van der Waals surface area contributed by atoms with Crippen molar-refractivity contribution in [2.75, 3.05) is 32.7 Å². The van der Waals surface area contributed by atoms with Crippen LogP contribution in [0.3, 0.4) is 0 Å². The summed E-state index contributed by atoms with van der Waals surface area (Å²) < 4.78 is 1.35. The molecule has 154 valence electrons. The van der Waals surface area contributed by atoms with Gasteiger partial charge in [-0.25, -0.2) is 5.43 Å². The molecule has 6 nitrogen and oxygen atoms in total. The van der Waals surface area contributed by atoms with E-state index in [0.717, 1.165) is 47.8 Å². The normalized spacial score (nSPS) is 15.7. The number of hydrogen-bond acceptors (Lipinski definition) is 5. The van der Waals surface area contributed by atoms with Gasteiger partial charge in [-0.1, -0.05) is 45.7 Å². The number of phenols is 1. The lowest BCUT2D eigenvalue weighted by molar-refractivity contribution is -0.122. The van der Waals surface area contributed by atoms with Crippen molar-refractivity contribution in [3.05, 3.63) is 61.5 Å². The molecule has 0 aromatic heterocycles. The zero-order chi connectivity index (χ0) is 20.8. The molecule has 2 aromatic rings. The number of nitrogens with one attached hydrogen (secondary N) is 1. The van der Waals surface area contributed by atoms with Crippen LogP contribution >= 0.6 is 43.5 Å². The summed E-state index contributed by atoms with van der Waals surface area (Å²) in [6, 6.07) is 11.3. The molecule has 1 saturated heterocycles. The van der Waals surface area contributed by atoms with Crippen molar-refractivity contribution in [3.63, 3.8) is 0 Å².